The minimum atomic E-state index is 0.495. The minimum absolute atomic E-state index is 0.495. The summed E-state index contributed by atoms with van der Waals surface area (Å²) in [5.41, 5.74) is 6.33. The largest absolute Gasteiger partial charge is 0.334 e. The molecule has 0 atom stereocenters. The van der Waals surface area contributed by atoms with Crippen LogP contribution in [-0.2, 0) is 19.5 Å². The highest BCUT2D eigenvalue weighted by atomic mass is 16.5. The summed E-state index contributed by atoms with van der Waals surface area (Å²) < 4.78 is 7.22. The lowest BCUT2D eigenvalue weighted by Crippen LogP contribution is -2.24. The molecule has 4 heterocycles. The van der Waals surface area contributed by atoms with Gasteiger partial charge in [0, 0.05) is 29.6 Å². The summed E-state index contributed by atoms with van der Waals surface area (Å²) >= 11 is 0. The number of hydrogen-bond donors (Lipinski definition) is 1. The molecule has 5 rings (SSSR count). The molecule has 0 radical (unpaired) electrons. The van der Waals surface area contributed by atoms with Gasteiger partial charge in [-0.15, -0.1) is 5.10 Å². The average molecular weight is 374 g/mol. The fourth-order valence-electron chi connectivity index (χ4n) is 3.50. The van der Waals surface area contributed by atoms with Crippen LogP contribution in [0.1, 0.15) is 22.4 Å². The van der Waals surface area contributed by atoms with Crippen molar-refractivity contribution in [3.05, 3.63) is 59.2 Å². The Morgan fingerprint density at radius 3 is 2.93 bits per heavy atom. The van der Waals surface area contributed by atoms with E-state index in [9.17, 15) is 0 Å². The van der Waals surface area contributed by atoms with Crippen LogP contribution in [0.5, 0.6) is 0 Å². The van der Waals surface area contributed by atoms with Crippen LogP contribution >= 0.6 is 0 Å². The Morgan fingerprint density at radius 1 is 1.21 bits per heavy atom. The van der Waals surface area contributed by atoms with E-state index in [0.29, 0.717) is 18.3 Å². The molecule has 1 aliphatic heterocycles. The first-order valence-electron chi connectivity index (χ1n) is 9.10. The minimum Gasteiger partial charge on any atom is -0.334 e. The highest BCUT2D eigenvalue weighted by Crippen LogP contribution is 2.30. The second kappa shape index (κ2) is 6.93. The van der Waals surface area contributed by atoms with Crippen molar-refractivity contribution in [1.82, 2.24) is 40.6 Å². The summed E-state index contributed by atoms with van der Waals surface area (Å²) in [7, 11) is 0. The van der Waals surface area contributed by atoms with Gasteiger partial charge in [0.2, 0.25) is 5.82 Å². The van der Waals surface area contributed by atoms with Crippen molar-refractivity contribution in [3.63, 3.8) is 0 Å². The smallest absolute Gasteiger partial charge is 0.258 e. The van der Waals surface area contributed by atoms with E-state index >= 15 is 0 Å². The number of hydrogen-bond acceptors (Lipinski definition) is 8. The van der Waals surface area contributed by atoms with Gasteiger partial charge in [0.05, 0.1) is 6.54 Å². The topological polar surface area (TPSA) is 107 Å². The number of fused-ring (bicyclic) bond motifs is 1. The number of aromatic nitrogens is 7. The van der Waals surface area contributed by atoms with Crippen LogP contribution in [0, 0.1) is 6.92 Å². The van der Waals surface area contributed by atoms with Crippen LogP contribution in [0.2, 0.25) is 0 Å². The molecule has 28 heavy (non-hydrogen) atoms. The Morgan fingerprint density at radius 2 is 2.11 bits per heavy atom. The molecule has 4 aromatic rings. The van der Waals surface area contributed by atoms with E-state index in [2.05, 4.69) is 36.0 Å². The van der Waals surface area contributed by atoms with Crippen LogP contribution in [0.4, 0.5) is 0 Å². The van der Waals surface area contributed by atoms with E-state index in [1.807, 2.05) is 37.4 Å². The van der Waals surface area contributed by atoms with Gasteiger partial charge < -0.3 is 9.84 Å². The van der Waals surface area contributed by atoms with Gasteiger partial charge >= 0.3 is 0 Å². The molecular formula is C19H18N8O. The summed E-state index contributed by atoms with van der Waals surface area (Å²) in [6.07, 6.45) is 4.46. The standard InChI is InChI=1S/C19H18N8O/c1-12-17(16-6-7-20-8-15(16)9-21-12)18-23-19(28-24-18)14-4-2-13(3-5-14)10-27-11-22-25-26-27/h2-5,9,11,20H,6-8,10H2,1H3. The monoisotopic (exact) mass is 374 g/mol. The highest BCUT2D eigenvalue weighted by Gasteiger charge is 2.21. The van der Waals surface area contributed by atoms with Gasteiger partial charge in [-0.1, -0.05) is 17.3 Å². The van der Waals surface area contributed by atoms with E-state index in [1.54, 1.807) is 11.0 Å². The van der Waals surface area contributed by atoms with Gasteiger partial charge in [-0.3, -0.25) is 4.98 Å². The Balaban J connectivity index is 1.44. The summed E-state index contributed by atoms with van der Waals surface area (Å²) in [6, 6.07) is 7.94. The van der Waals surface area contributed by atoms with Crippen molar-refractivity contribution in [1.29, 1.82) is 0 Å². The zero-order valence-corrected chi connectivity index (χ0v) is 15.3. The second-order valence-electron chi connectivity index (χ2n) is 6.78. The van der Waals surface area contributed by atoms with Crippen LogP contribution in [0.3, 0.4) is 0 Å². The zero-order chi connectivity index (χ0) is 18.9. The molecule has 0 fully saturated rings. The number of aryl methyl sites for hydroxylation is 1. The number of nitrogens with zero attached hydrogens (tertiary/aromatic N) is 7. The maximum atomic E-state index is 5.55. The lowest BCUT2D eigenvalue weighted by Gasteiger charge is -2.19. The number of tetrazole rings is 1. The average Bonchev–Trinajstić information content (AvgIpc) is 3.41. The highest BCUT2D eigenvalue weighted by molar-refractivity contribution is 5.67. The fraction of sp³-hybridized carbons (Fsp3) is 0.263. The zero-order valence-electron chi connectivity index (χ0n) is 15.3. The first-order chi connectivity index (χ1) is 13.8. The van der Waals surface area contributed by atoms with Crippen LogP contribution in [-0.4, -0.2) is 41.9 Å². The molecule has 0 bridgehead atoms. The molecule has 9 nitrogen and oxygen atoms in total. The molecule has 0 unspecified atom stereocenters. The third-order valence-corrected chi connectivity index (χ3v) is 4.92. The van der Waals surface area contributed by atoms with Gasteiger partial charge in [-0.25, -0.2) is 4.68 Å². The second-order valence-corrected chi connectivity index (χ2v) is 6.78. The Kier molecular flexibility index (Phi) is 4.13. The molecule has 0 spiro atoms. The molecule has 0 saturated heterocycles. The normalized spacial score (nSPS) is 13.5. The summed E-state index contributed by atoms with van der Waals surface area (Å²) in [6.45, 7) is 4.36. The van der Waals surface area contributed by atoms with Crippen molar-refractivity contribution < 1.29 is 4.52 Å². The third-order valence-electron chi connectivity index (χ3n) is 4.92. The van der Waals surface area contributed by atoms with E-state index < -0.39 is 0 Å². The predicted molar refractivity (Wildman–Crippen MR) is 100 cm³/mol. The summed E-state index contributed by atoms with van der Waals surface area (Å²) in [5, 5.41) is 18.8. The van der Waals surface area contributed by atoms with Gasteiger partial charge in [0.25, 0.3) is 5.89 Å². The maximum Gasteiger partial charge on any atom is 0.258 e. The molecule has 0 saturated carbocycles. The summed E-state index contributed by atoms with van der Waals surface area (Å²) in [5.74, 6) is 1.09. The van der Waals surface area contributed by atoms with Crippen molar-refractivity contribution in [3.8, 4) is 22.8 Å². The lowest BCUT2D eigenvalue weighted by atomic mass is 9.95. The molecule has 1 N–H and O–H groups in total. The van der Waals surface area contributed by atoms with Crippen LogP contribution in [0.15, 0.2) is 41.3 Å². The number of rotatable bonds is 4. The van der Waals surface area contributed by atoms with Gasteiger partial charge in [-0.05, 0) is 59.1 Å². The van der Waals surface area contributed by atoms with Gasteiger partial charge in [0.15, 0.2) is 0 Å². The Hall–Kier alpha value is -3.46. The van der Waals surface area contributed by atoms with Crippen molar-refractivity contribution in [2.45, 2.75) is 26.4 Å². The number of benzene rings is 1. The Labute approximate surface area is 160 Å². The predicted octanol–water partition coefficient (Wildman–Crippen LogP) is 1.79. The van der Waals surface area contributed by atoms with Crippen LogP contribution < -0.4 is 5.32 Å². The number of nitrogens with one attached hydrogen (secondary N) is 1. The molecule has 1 aliphatic rings. The van der Waals surface area contributed by atoms with Crippen molar-refractivity contribution >= 4 is 0 Å². The maximum absolute atomic E-state index is 5.55. The molecule has 0 aliphatic carbocycles. The SMILES string of the molecule is Cc1ncc2c(c1-c1noc(-c3ccc(Cn4cnnn4)cc3)n1)CCNC2. The quantitative estimate of drug-likeness (QED) is 0.576. The summed E-state index contributed by atoms with van der Waals surface area (Å²) in [4.78, 5) is 9.17. The molecule has 0 amide bonds. The van der Waals surface area contributed by atoms with Gasteiger partial charge in [-0.2, -0.15) is 4.98 Å². The number of pyridine rings is 1. The van der Waals surface area contributed by atoms with Crippen molar-refractivity contribution in [2.24, 2.45) is 0 Å². The van der Waals surface area contributed by atoms with Crippen LogP contribution in [0.25, 0.3) is 22.8 Å². The first kappa shape index (κ1) is 16.7. The lowest BCUT2D eigenvalue weighted by molar-refractivity contribution is 0.432. The molecular weight excluding hydrogens is 356 g/mol. The Bertz CT molecular complexity index is 1100. The molecule has 3 aromatic heterocycles. The molecule has 1 aromatic carbocycles. The fourth-order valence-corrected chi connectivity index (χ4v) is 3.50. The van der Waals surface area contributed by atoms with Gasteiger partial charge in [0.1, 0.15) is 6.33 Å². The molecule has 140 valence electrons. The third kappa shape index (κ3) is 3.05. The van der Waals surface area contributed by atoms with E-state index in [1.165, 1.54) is 11.1 Å². The van der Waals surface area contributed by atoms with Crippen molar-refractivity contribution in [2.75, 3.05) is 6.54 Å². The van der Waals surface area contributed by atoms with E-state index in [4.69, 9.17) is 4.52 Å². The van der Waals surface area contributed by atoms with E-state index in [0.717, 1.165) is 41.9 Å². The first-order valence-corrected chi connectivity index (χ1v) is 9.10. The van der Waals surface area contributed by atoms with E-state index in [-0.39, 0.29) is 0 Å². The molecule has 9 heteroatoms.